The van der Waals surface area contributed by atoms with Crippen molar-refractivity contribution >= 4 is 21.9 Å². The first kappa shape index (κ1) is 22.9. The van der Waals surface area contributed by atoms with Crippen molar-refractivity contribution in [3.63, 3.8) is 0 Å². The molecule has 5 rings (SSSR count). The molecule has 2 aromatic carbocycles. The number of aromatic nitrogens is 4. The standard InChI is InChI=1S/C24H24N6O4S/c1-16(2)30-14-12-21(28-30)23-26-27-24(34-23)25-22(31)18-7-9-20(10-8-18)35(32,33)29-13-11-17-5-3-4-6-19(17)15-29/h3-10,12,14,16H,11,13,15H2,1-2H3,(H,25,27,31). The molecule has 1 aliphatic heterocycles. The van der Waals surface area contributed by atoms with E-state index in [1.54, 1.807) is 16.9 Å². The minimum absolute atomic E-state index is 0.0761. The number of carbonyl (C=O) groups is 1. The fraction of sp³-hybridized carbons (Fsp3) is 0.250. The Morgan fingerprint density at radius 3 is 2.49 bits per heavy atom. The number of rotatable bonds is 6. The van der Waals surface area contributed by atoms with Gasteiger partial charge in [-0.3, -0.25) is 14.8 Å². The third kappa shape index (κ3) is 4.60. The summed E-state index contributed by atoms with van der Waals surface area (Å²) in [5, 5.41) is 14.7. The van der Waals surface area contributed by atoms with E-state index in [0.717, 1.165) is 5.56 Å². The number of anilines is 1. The second kappa shape index (κ2) is 9.08. The molecule has 35 heavy (non-hydrogen) atoms. The average molecular weight is 493 g/mol. The van der Waals surface area contributed by atoms with Crippen LogP contribution in [-0.2, 0) is 23.0 Å². The molecule has 11 heteroatoms. The smallest absolute Gasteiger partial charge is 0.322 e. The van der Waals surface area contributed by atoms with Crippen LogP contribution in [0.2, 0.25) is 0 Å². The summed E-state index contributed by atoms with van der Waals surface area (Å²) in [6.07, 6.45) is 2.47. The highest BCUT2D eigenvalue weighted by Crippen LogP contribution is 2.25. The molecule has 0 radical (unpaired) electrons. The fourth-order valence-corrected chi connectivity index (χ4v) is 5.31. The normalized spacial score (nSPS) is 14.1. The van der Waals surface area contributed by atoms with Gasteiger partial charge in [0.25, 0.3) is 11.8 Å². The van der Waals surface area contributed by atoms with E-state index in [0.29, 0.717) is 25.2 Å². The van der Waals surface area contributed by atoms with Crippen molar-refractivity contribution in [1.82, 2.24) is 24.3 Å². The van der Waals surface area contributed by atoms with Crippen molar-refractivity contribution in [3.05, 3.63) is 77.5 Å². The number of hydrogen-bond acceptors (Lipinski definition) is 7. The van der Waals surface area contributed by atoms with Crippen LogP contribution in [0.25, 0.3) is 11.6 Å². The van der Waals surface area contributed by atoms with Gasteiger partial charge in [0.05, 0.1) is 4.90 Å². The number of nitrogens with zero attached hydrogens (tertiary/aromatic N) is 5. The molecule has 0 saturated carbocycles. The van der Waals surface area contributed by atoms with Gasteiger partial charge in [0.15, 0.2) is 0 Å². The first-order valence-corrected chi connectivity index (χ1v) is 12.6. The Bertz CT molecular complexity index is 1470. The van der Waals surface area contributed by atoms with Crippen molar-refractivity contribution < 1.29 is 17.6 Å². The van der Waals surface area contributed by atoms with E-state index in [-0.39, 0.29) is 28.4 Å². The summed E-state index contributed by atoms with van der Waals surface area (Å²) in [4.78, 5) is 12.8. The number of amides is 1. The molecule has 2 aromatic heterocycles. The fourth-order valence-electron chi connectivity index (χ4n) is 3.89. The summed E-state index contributed by atoms with van der Waals surface area (Å²) in [6.45, 7) is 4.74. The monoisotopic (exact) mass is 492 g/mol. The summed E-state index contributed by atoms with van der Waals surface area (Å²) in [6, 6.07) is 15.5. The van der Waals surface area contributed by atoms with E-state index >= 15 is 0 Å². The summed E-state index contributed by atoms with van der Waals surface area (Å²) in [5.41, 5.74) is 2.94. The summed E-state index contributed by atoms with van der Waals surface area (Å²) in [7, 11) is -3.69. The Morgan fingerprint density at radius 1 is 1.03 bits per heavy atom. The van der Waals surface area contributed by atoms with Crippen LogP contribution in [0.15, 0.2) is 70.1 Å². The maximum Gasteiger partial charge on any atom is 0.322 e. The van der Waals surface area contributed by atoms with Gasteiger partial charge in [0, 0.05) is 30.9 Å². The highest BCUT2D eigenvalue weighted by molar-refractivity contribution is 7.89. The van der Waals surface area contributed by atoms with E-state index in [9.17, 15) is 13.2 Å². The van der Waals surface area contributed by atoms with E-state index in [2.05, 4.69) is 20.6 Å². The minimum Gasteiger partial charge on any atom is -0.401 e. The number of hydrogen-bond donors (Lipinski definition) is 1. The first-order chi connectivity index (χ1) is 16.8. The topological polar surface area (TPSA) is 123 Å². The lowest BCUT2D eigenvalue weighted by atomic mass is 10.0. The van der Waals surface area contributed by atoms with Gasteiger partial charge in [0.1, 0.15) is 5.69 Å². The predicted octanol–water partition coefficient (Wildman–Crippen LogP) is 3.51. The molecule has 4 aromatic rings. The third-order valence-electron chi connectivity index (χ3n) is 5.85. The molecule has 0 unspecified atom stereocenters. The molecule has 0 bridgehead atoms. The zero-order chi connectivity index (χ0) is 24.6. The third-order valence-corrected chi connectivity index (χ3v) is 7.71. The Hall–Kier alpha value is -3.83. The second-order valence-corrected chi connectivity index (χ2v) is 10.5. The van der Waals surface area contributed by atoms with E-state index in [4.69, 9.17) is 4.42 Å². The number of benzene rings is 2. The zero-order valence-corrected chi connectivity index (χ0v) is 20.1. The largest absolute Gasteiger partial charge is 0.401 e. The highest BCUT2D eigenvalue weighted by atomic mass is 32.2. The van der Waals surface area contributed by atoms with Gasteiger partial charge in [-0.25, -0.2) is 8.42 Å². The quantitative estimate of drug-likeness (QED) is 0.437. The minimum atomic E-state index is -3.69. The van der Waals surface area contributed by atoms with Gasteiger partial charge in [-0.2, -0.15) is 9.40 Å². The van der Waals surface area contributed by atoms with E-state index < -0.39 is 15.9 Å². The van der Waals surface area contributed by atoms with Crippen molar-refractivity contribution in [3.8, 4) is 11.6 Å². The van der Waals surface area contributed by atoms with Gasteiger partial charge in [-0.05, 0) is 61.7 Å². The first-order valence-electron chi connectivity index (χ1n) is 11.2. The maximum atomic E-state index is 13.1. The summed E-state index contributed by atoms with van der Waals surface area (Å²) in [5.74, 6) is -0.312. The van der Waals surface area contributed by atoms with E-state index in [1.807, 2.05) is 38.1 Å². The molecule has 0 spiro atoms. The summed E-state index contributed by atoms with van der Waals surface area (Å²) < 4.78 is 35.0. The number of nitrogens with one attached hydrogen (secondary N) is 1. The van der Waals surface area contributed by atoms with Crippen LogP contribution in [0.4, 0.5) is 6.01 Å². The molecule has 1 aliphatic rings. The van der Waals surface area contributed by atoms with Crippen LogP contribution in [0.1, 0.15) is 41.4 Å². The van der Waals surface area contributed by atoms with Crippen LogP contribution >= 0.6 is 0 Å². The molecule has 0 aliphatic carbocycles. The molecule has 10 nitrogen and oxygen atoms in total. The van der Waals surface area contributed by atoms with E-state index in [1.165, 1.54) is 34.1 Å². The summed E-state index contributed by atoms with van der Waals surface area (Å²) >= 11 is 0. The number of carbonyl (C=O) groups excluding carboxylic acids is 1. The lowest BCUT2D eigenvalue weighted by Gasteiger charge is -2.28. The second-order valence-electron chi connectivity index (χ2n) is 8.52. The number of fused-ring (bicyclic) bond motifs is 1. The van der Waals surface area contributed by atoms with Crippen molar-refractivity contribution in [1.29, 1.82) is 0 Å². The Balaban J connectivity index is 1.27. The molecule has 0 atom stereocenters. The van der Waals surface area contributed by atoms with Gasteiger partial charge in [-0.1, -0.05) is 29.4 Å². The number of sulfonamides is 1. The van der Waals surface area contributed by atoms with Gasteiger partial charge < -0.3 is 4.42 Å². The molecular formula is C24H24N6O4S. The van der Waals surface area contributed by atoms with Crippen LogP contribution < -0.4 is 5.32 Å². The molecule has 1 N–H and O–H groups in total. The zero-order valence-electron chi connectivity index (χ0n) is 19.2. The van der Waals surface area contributed by atoms with Crippen LogP contribution in [0, 0.1) is 0 Å². The molecule has 0 fully saturated rings. The van der Waals surface area contributed by atoms with Crippen molar-refractivity contribution in [2.45, 2.75) is 37.8 Å². The molecule has 0 saturated heterocycles. The molecule has 180 valence electrons. The average Bonchev–Trinajstić information content (AvgIpc) is 3.54. The van der Waals surface area contributed by atoms with Crippen molar-refractivity contribution in [2.75, 3.05) is 11.9 Å². The van der Waals surface area contributed by atoms with Crippen LogP contribution in [0.3, 0.4) is 0 Å². The van der Waals surface area contributed by atoms with Crippen LogP contribution in [-0.4, -0.2) is 45.2 Å². The Morgan fingerprint density at radius 2 is 1.77 bits per heavy atom. The van der Waals surface area contributed by atoms with Crippen molar-refractivity contribution in [2.24, 2.45) is 0 Å². The lowest BCUT2D eigenvalue weighted by molar-refractivity contribution is 0.102. The SMILES string of the molecule is CC(C)n1ccc(-c2nnc(NC(=O)c3ccc(S(=O)(=O)N4CCc5ccccc5C4)cc3)o2)n1. The Kier molecular flexibility index (Phi) is 5.95. The predicted molar refractivity (Wildman–Crippen MR) is 128 cm³/mol. The Labute approximate surface area is 202 Å². The lowest BCUT2D eigenvalue weighted by Crippen LogP contribution is -2.35. The van der Waals surface area contributed by atoms with Gasteiger partial charge in [0.2, 0.25) is 10.0 Å². The maximum absolute atomic E-state index is 13.1. The molecular weight excluding hydrogens is 468 g/mol. The molecule has 3 heterocycles. The van der Waals surface area contributed by atoms with Gasteiger partial charge >= 0.3 is 6.01 Å². The van der Waals surface area contributed by atoms with Gasteiger partial charge in [-0.15, -0.1) is 5.10 Å². The molecule has 1 amide bonds. The highest BCUT2D eigenvalue weighted by Gasteiger charge is 2.28. The van der Waals surface area contributed by atoms with Crippen LogP contribution in [0.5, 0.6) is 0 Å².